The molecule has 0 aromatic heterocycles. The van der Waals surface area contributed by atoms with E-state index in [1.54, 1.807) is 6.07 Å². The first-order valence-corrected chi connectivity index (χ1v) is 5.68. The molecule has 0 bridgehead atoms. The number of anilines is 1. The van der Waals surface area contributed by atoms with Crippen LogP contribution in [-0.2, 0) is 0 Å². The Labute approximate surface area is 100 Å². The lowest BCUT2D eigenvalue weighted by Crippen LogP contribution is -2.29. The van der Waals surface area contributed by atoms with Crippen molar-refractivity contribution in [3.05, 3.63) is 29.0 Å². The summed E-state index contributed by atoms with van der Waals surface area (Å²) in [7, 11) is 0. The lowest BCUT2D eigenvalue weighted by Gasteiger charge is -2.26. The van der Waals surface area contributed by atoms with Gasteiger partial charge in [0.05, 0.1) is 17.3 Å². The summed E-state index contributed by atoms with van der Waals surface area (Å²) < 4.78 is 12.8. The molecule has 0 amide bonds. The highest BCUT2D eigenvalue weighted by atomic mass is 35.5. The predicted octanol–water partition coefficient (Wildman–Crippen LogP) is 3.30. The predicted molar refractivity (Wildman–Crippen MR) is 65.4 cm³/mol. The molecular formula is C12H17ClFNO. The molecular weight excluding hydrogens is 229 g/mol. The fourth-order valence-electron chi connectivity index (χ4n) is 1.23. The van der Waals surface area contributed by atoms with Crippen molar-refractivity contribution in [3.8, 4) is 0 Å². The minimum Gasteiger partial charge on any atom is -0.396 e. The van der Waals surface area contributed by atoms with E-state index in [2.05, 4.69) is 5.32 Å². The third-order valence-corrected chi connectivity index (χ3v) is 3.18. The minimum atomic E-state index is -0.351. The standard InChI is InChI=1S/C12H17ClFNO/c1-3-12(2,8-16)7-15-11-5-4-9(14)6-10(11)13/h4-6,15-16H,3,7-8H2,1-2H3. The molecule has 2 nitrogen and oxygen atoms in total. The second-order valence-electron chi connectivity index (χ2n) is 4.30. The summed E-state index contributed by atoms with van der Waals surface area (Å²) in [5.74, 6) is -0.351. The van der Waals surface area contributed by atoms with Gasteiger partial charge in [0.25, 0.3) is 0 Å². The van der Waals surface area contributed by atoms with Gasteiger partial charge in [-0.1, -0.05) is 25.4 Å². The second-order valence-corrected chi connectivity index (χ2v) is 4.71. The normalized spacial score (nSPS) is 14.6. The van der Waals surface area contributed by atoms with Gasteiger partial charge in [0, 0.05) is 12.0 Å². The quantitative estimate of drug-likeness (QED) is 0.834. The Hall–Kier alpha value is -0.800. The molecule has 0 spiro atoms. The summed E-state index contributed by atoms with van der Waals surface area (Å²) in [5, 5.41) is 12.7. The smallest absolute Gasteiger partial charge is 0.124 e. The molecule has 0 radical (unpaired) electrons. The molecule has 0 aliphatic rings. The van der Waals surface area contributed by atoms with Gasteiger partial charge in [0.15, 0.2) is 0 Å². The van der Waals surface area contributed by atoms with Crippen molar-refractivity contribution in [2.45, 2.75) is 20.3 Å². The maximum absolute atomic E-state index is 12.8. The first-order chi connectivity index (χ1) is 7.50. The van der Waals surface area contributed by atoms with Crippen LogP contribution in [0.4, 0.5) is 10.1 Å². The Morgan fingerprint density at radius 3 is 2.69 bits per heavy atom. The molecule has 4 heteroatoms. The molecule has 0 saturated carbocycles. The van der Waals surface area contributed by atoms with Crippen LogP contribution in [0.1, 0.15) is 20.3 Å². The lowest BCUT2D eigenvalue weighted by atomic mass is 9.88. The Bertz CT molecular complexity index is 353. The number of hydrogen-bond acceptors (Lipinski definition) is 2. The van der Waals surface area contributed by atoms with Gasteiger partial charge in [0.2, 0.25) is 0 Å². The van der Waals surface area contributed by atoms with Crippen LogP contribution in [0.2, 0.25) is 5.02 Å². The Morgan fingerprint density at radius 1 is 1.50 bits per heavy atom. The van der Waals surface area contributed by atoms with E-state index in [9.17, 15) is 9.50 Å². The van der Waals surface area contributed by atoms with Gasteiger partial charge in [0.1, 0.15) is 5.82 Å². The molecule has 1 rings (SSSR count). The highest BCUT2D eigenvalue weighted by Crippen LogP contribution is 2.25. The van der Waals surface area contributed by atoms with E-state index in [0.717, 1.165) is 6.42 Å². The zero-order valence-corrected chi connectivity index (χ0v) is 10.3. The van der Waals surface area contributed by atoms with E-state index in [1.807, 2.05) is 13.8 Å². The molecule has 90 valence electrons. The van der Waals surface area contributed by atoms with E-state index in [1.165, 1.54) is 12.1 Å². The highest BCUT2D eigenvalue weighted by Gasteiger charge is 2.20. The highest BCUT2D eigenvalue weighted by molar-refractivity contribution is 6.33. The number of benzene rings is 1. The van der Waals surface area contributed by atoms with Crippen LogP contribution < -0.4 is 5.32 Å². The molecule has 1 aromatic carbocycles. The summed E-state index contributed by atoms with van der Waals surface area (Å²) in [5.41, 5.74) is 0.508. The zero-order valence-electron chi connectivity index (χ0n) is 9.56. The molecule has 16 heavy (non-hydrogen) atoms. The molecule has 0 aliphatic heterocycles. The number of nitrogens with one attached hydrogen (secondary N) is 1. The van der Waals surface area contributed by atoms with Crippen molar-refractivity contribution < 1.29 is 9.50 Å². The molecule has 1 atom stereocenters. The number of halogens is 2. The van der Waals surface area contributed by atoms with Gasteiger partial charge in [-0.2, -0.15) is 0 Å². The lowest BCUT2D eigenvalue weighted by molar-refractivity contribution is 0.149. The fraction of sp³-hybridized carbons (Fsp3) is 0.500. The van der Waals surface area contributed by atoms with Crippen LogP contribution in [0.25, 0.3) is 0 Å². The number of rotatable bonds is 5. The fourth-order valence-corrected chi connectivity index (χ4v) is 1.47. The largest absolute Gasteiger partial charge is 0.396 e. The van der Waals surface area contributed by atoms with Crippen LogP contribution in [-0.4, -0.2) is 18.3 Å². The first-order valence-electron chi connectivity index (χ1n) is 5.30. The summed E-state index contributed by atoms with van der Waals surface area (Å²) in [6.45, 7) is 4.71. The van der Waals surface area contributed by atoms with Crippen LogP contribution in [0.3, 0.4) is 0 Å². The first kappa shape index (κ1) is 13.3. The van der Waals surface area contributed by atoms with Crippen LogP contribution in [0.5, 0.6) is 0 Å². The molecule has 1 unspecified atom stereocenters. The van der Waals surface area contributed by atoms with Crippen LogP contribution in [0.15, 0.2) is 18.2 Å². The summed E-state index contributed by atoms with van der Waals surface area (Å²) >= 11 is 5.88. The van der Waals surface area contributed by atoms with E-state index in [0.29, 0.717) is 17.3 Å². The number of aliphatic hydroxyl groups excluding tert-OH is 1. The van der Waals surface area contributed by atoms with Gasteiger partial charge < -0.3 is 10.4 Å². The van der Waals surface area contributed by atoms with E-state index in [-0.39, 0.29) is 17.8 Å². The third-order valence-electron chi connectivity index (χ3n) is 2.87. The van der Waals surface area contributed by atoms with Gasteiger partial charge in [-0.3, -0.25) is 0 Å². The topological polar surface area (TPSA) is 32.3 Å². The van der Waals surface area contributed by atoms with Crippen molar-refractivity contribution in [3.63, 3.8) is 0 Å². The van der Waals surface area contributed by atoms with Crippen molar-refractivity contribution in [2.24, 2.45) is 5.41 Å². The summed E-state index contributed by atoms with van der Waals surface area (Å²) in [6.07, 6.45) is 0.856. The van der Waals surface area contributed by atoms with E-state index in [4.69, 9.17) is 11.6 Å². The molecule has 0 aliphatic carbocycles. The molecule has 0 heterocycles. The summed E-state index contributed by atoms with van der Waals surface area (Å²) in [4.78, 5) is 0. The van der Waals surface area contributed by atoms with Gasteiger partial charge in [-0.05, 0) is 24.6 Å². The van der Waals surface area contributed by atoms with Crippen molar-refractivity contribution in [1.29, 1.82) is 0 Å². The minimum absolute atomic E-state index is 0.106. The number of aliphatic hydroxyl groups is 1. The van der Waals surface area contributed by atoms with Crippen molar-refractivity contribution >= 4 is 17.3 Å². The van der Waals surface area contributed by atoms with Crippen molar-refractivity contribution in [2.75, 3.05) is 18.5 Å². The molecule has 2 N–H and O–H groups in total. The molecule has 0 saturated heterocycles. The maximum atomic E-state index is 12.8. The Balaban J connectivity index is 2.67. The van der Waals surface area contributed by atoms with Crippen molar-refractivity contribution in [1.82, 2.24) is 0 Å². The maximum Gasteiger partial charge on any atom is 0.124 e. The number of hydrogen-bond donors (Lipinski definition) is 2. The third kappa shape index (κ3) is 3.35. The molecule has 0 fully saturated rings. The Morgan fingerprint density at radius 2 is 2.19 bits per heavy atom. The SMILES string of the molecule is CCC(C)(CO)CNc1ccc(F)cc1Cl. The Kier molecular flexibility index (Phi) is 4.56. The zero-order chi connectivity index (χ0) is 12.2. The van der Waals surface area contributed by atoms with Gasteiger partial charge in [-0.15, -0.1) is 0 Å². The van der Waals surface area contributed by atoms with E-state index >= 15 is 0 Å². The van der Waals surface area contributed by atoms with Crippen LogP contribution >= 0.6 is 11.6 Å². The average Bonchev–Trinajstić information content (AvgIpc) is 2.27. The molecule has 1 aromatic rings. The van der Waals surface area contributed by atoms with Gasteiger partial charge in [-0.25, -0.2) is 4.39 Å². The monoisotopic (exact) mass is 245 g/mol. The van der Waals surface area contributed by atoms with E-state index < -0.39 is 0 Å². The second kappa shape index (κ2) is 5.51. The average molecular weight is 246 g/mol. The van der Waals surface area contributed by atoms with Crippen LogP contribution in [0, 0.1) is 11.2 Å². The van der Waals surface area contributed by atoms with Gasteiger partial charge >= 0.3 is 0 Å². The summed E-state index contributed by atoms with van der Waals surface area (Å²) in [6, 6.07) is 4.23.